The molecule has 0 bridgehead atoms. The van der Waals surface area contributed by atoms with Gasteiger partial charge in [-0.2, -0.15) is 12.6 Å². The average molecular weight is 261 g/mol. The van der Waals surface area contributed by atoms with Gasteiger partial charge in [0.15, 0.2) is 0 Å². The van der Waals surface area contributed by atoms with E-state index < -0.39 is 10.0 Å². The summed E-state index contributed by atoms with van der Waals surface area (Å²) in [6.45, 7) is 1.20. The van der Waals surface area contributed by atoms with Gasteiger partial charge in [-0.3, -0.25) is 0 Å². The molecule has 0 aliphatic carbocycles. The summed E-state index contributed by atoms with van der Waals surface area (Å²) in [5, 5.41) is 0.231. The highest BCUT2D eigenvalue weighted by molar-refractivity contribution is 7.88. The predicted molar refractivity (Wildman–Crippen MR) is 43.8 cm³/mol. The van der Waals surface area contributed by atoms with Gasteiger partial charge < -0.3 is 17.0 Å². The van der Waals surface area contributed by atoms with Crippen molar-refractivity contribution in [1.29, 1.82) is 0 Å². The van der Waals surface area contributed by atoms with E-state index >= 15 is 0 Å². The fourth-order valence-electron chi connectivity index (χ4n) is 1.01. The van der Waals surface area contributed by atoms with Gasteiger partial charge in [0.25, 0.3) is 0 Å². The van der Waals surface area contributed by atoms with Gasteiger partial charge in [-0.05, 0) is 6.42 Å². The zero-order valence-electron chi connectivity index (χ0n) is 6.20. The molecule has 0 aromatic heterocycles. The molecule has 0 aromatic rings. The first-order valence-corrected chi connectivity index (χ1v) is 5.50. The Morgan fingerprint density at radius 2 is 2.09 bits per heavy atom. The zero-order valence-corrected chi connectivity index (χ0v) is 9.49. The molecule has 1 heterocycles. The Bertz CT molecular complexity index is 217. The van der Waals surface area contributed by atoms with Crippen molar-refractivity contribution in [3.8, 4) is 0 Å². The number of nitrogens with zero attached hydrogens (tertiary/aromatic N) is 1. The smallest absolute Gasteiger partial charge is 0.211 e. The number of sulfonamides is 1. The average Bonchev–Trinajstić information content (AvgIpc) is 2.11. The zero-order chi connectivity index (χ0) is 7.78. The van der Waals surface area contributed by atoms with E-state index in [4.69, 9.17) is 0 Å². The lowest BCUT2D eigenvalue weighted by Crippen LogP contribution is -3.00. The molecule has 0 saturated carbocycles. The van der Waals surface area contributed by atoms with Crippen LogP contribution in [0, 0.1) is 0 Å². The Hall–Kier alpha value is 0.740. The molecule has 1 rings (SSSR count). The van der Waals surface area contributed by atoms with Crippen molar-refractivity contribution < 1.29 is 25.4 Å². The van der Waals surface area contributed by atoms with Gasteiger partial charge in [-0.15, -0.1) is 0 Å². The summed E-state index contributed by atoms with van der Waals surface area (Å²) in [6.07, 6.45) is 2.11. The fourth-order valence-corrected chi connectivity index (χ4v) is 2.32. The molecule has 0 N–H and O–H groups in total. The Morgan fingerprint density at radius 3 is 2.27 bits per heavy atom. The normalized spacial score (nSPS) is 26.5. The lowest BCUT2D eigenvalue weighted by Gasteiger charge is -2.10. The van der Waals surface area contributed by atoms with Gasteiger partial charge in [0.05, 0.1) is 6.26 Å². The van der Waals surface area contributed by atoms with Gasteiger partial charge in [0.2, 0.25) is 10.0 Å². The molecule has 3 nitrogen and oxygen atoms in total. The monoisotopic (exact) mass is 260 g/mol. The largest absolute Gasteiger partial charge is 1.00 e. The first-order valence-electron chi connectivity index (χ1n) is 3.13. The minimum atomic E-state index is -2.95. The molecule has 68 valence electrons. The molecule has 1 aliphatic rings. The van der Waals surface area contributed by atoms with Gasteiger partial charge in [0, 0.05) is 18.3 Å². The summed E-state index contributed by atoms with van der Waals surface area (Å²) in [7, 11) is -2.95. The first-order chi connectivity index (χ1) is 4.50. The quantitative estimate of drug-likeness (QED) is 0.509. The van der Waals surface area contributed by atoms with E-state index in [0.29, 0.717) is 13.1 Å². The van der Waals surface area contributed by atoms with Crippen LogP contribution in [-0.4, -0.2) is 37.3 Å². The van der Waals surface area contributed by atoms with Crippen molar-refractivity contribution in [1.82, 2.24) is 4.31 Å². The predicted octanol–water partition coefficient (Wildman–Crippen LogP) is -3.05. The second-order valence-corrected chi connectivity index (χ2v) is 5.28. The lowest BCUT2D eigenvalue weighted by molar-refractivity contribution is -0.00000467. The van der Waals surface area contributed by atoms with E-state index in [1.54, 1.807) is 0 Å². The van der Waals surface area contributed by atoms with Crippen LogP contribution in [0.5, 0.6) is 0 Å². The minimum Gasteiger partial charge on any atom is -1.00 e. The van der Waals surface area contributed by atoms with Crippen molar-refractivity contribution in [2.75, 3.05) is 19.3 Å². The van der Waals surface area contributed by atoms with Gasteiger partial charge in [-0.25, -0.2) is 12.7 Å². The Morgan fingerprint density at radius 1 is 1.55 bits per heavy atom. The van der Waals surface area contributed by atoms with Crippen LogP contribution in [0.4, 0.5) is 0 Å². The van der Waals surface area contributed by atoms with E-state index in [2.05, 4.69) is 12.6 Å². The third kappa shape index (κ3) is 3.31. The minimum absolute atomic E-state index is 0. The molecule has 1 unspecified atom stereocenters. The second-order valence-electron chi connectivity index (χ2n) is 2.56. The summed E-state index contributed by atoms with van der Waals surface area (Å²) in [5.41, 5.74) is 0. The van der Waals surface area contributed by atoms with Crippen LogP contribution >= 0.6 is 12.6 Å². The molecule has 0 spiro atoms. The second kappa shape index (κ2) is 4.11. The van der Waals surface area contributed by atoms with Gasteiger partial charge in [-0.1, -0.05) is 0 Å². The highest BCUT2D eigenvalue weighted by Crippen LogP contribution is 2.16. The summed E-state index contributed by atoms with van der Waals surface area (Å²) >= 11 is 4.18. The Balaban J connectivity index is 0.000001000. The molecule has 1 aliphatic heterocycles. The number of rotatable bonds is 1. The topological polar surface area (TPSA) is 37.4 Å². The molecule has 11 heavy (non-hydrogen) atoms. The van der Waals surface area contributed by atoms with E-state index in [9.17, 15) is 8.42 Å². The maximum atomic E-state index is 10.9. The molecule has 0 aromatic carbocycles. The number of thiol groups is 1. The highest BCUT2D eigenvalue weighted by Gasteiger charge is 2.25. The van der Waals surface area contributed by atoms with E-state index in [0.717, 1.165) is 6.42 Å². The molecule has 6 heteroatoms. The van der Waals surface area contributed by atoms with Crippen molar-refractivity contribution in [2.45, 2.75) is 11.7 Å². The number of halogens is 1. The summed E-state index contributed by atoms with van der Waals surface area (Å²) in [4.78, 5) is 0. The third-order valence-corrected chi connectivity index (χ3v) is 3.29. The molecular weight excluding hydrogens is 250 g/mol. The molecule has 0 radical (unpaired) electrons. The van der Waals surface area contributed by atoms with E-state index in [1.807, 2.05) is 0 Å². The molecule has 1 atom stereocenters. The van der Waals surface area contributed by atoms with Crippen LogP contribution in [-0.2, 0) is 10.0 Å². The highest BCUT2D eigenvalue weighted by atomic mass is 79.9. The Labute approximate surface area is 83.4 Å². The van der Waals surface area contributed by atoms with Crippen LogP contribution < -0.4 is 17.0 Å². The Kier molecular flexibility index (Phi) is 4.39. The van der Waals surface area contributed by atoms with Crippen LogP contribution in [0.15, 0.2) is 0 Å². The summed E-state index contributed by atoms with van der Waals surface area (Å²) < 4.78 is 23.2. The van der Waals surface area contributed by atoms with Crippen LogP contribution in [0.2, 0.25) is 0 Å². The number of hydrogen-bond acceptors (Lipinski definition) is 3. The molecule has 1 fully saturated rings. The van der Waals surface area contributed by atoms with Gasteiger partial charge in [0.1, 0.15) is 0 Å². The van der Waals surface area contributed by atoms with E-state index in [-0.39, 0.29) is 22.2 Å². The maximum Gasteiger partial charge on any atom is 0.211 e. The van der Waals surface area contributed by atoms with Crippen molar-refractivity contribution in [3.05, 3.63) is 0 Å². The van der Waals surface area contributed by atoms with Crippen LogP contribution in [0.1, 0.15) is 6.42 Å². The molecule has 1 saturated heterocycles. The number of hydrogen-bond donors (Lipinski definition) is 1. The van der Waals surface area contributed by atoms with Crippen molar-refractivity contribution >= 4 is 22.7 Å². The van der Waals surface area contributed by atoms with Gasteiger partial charge >= 0.3 is 0 Å². The van der Waals surface area contributed by atoms with E-state index in [1.165, 1.54) is 10.6 Å². The summed E-state index contributed by atoms with van der Waals surface area (Å²) in [6, 6.07) is 0. The SMILES string of the molecule is CS(=O)(=O)N1CCC(S)C1.[Br-]. The van der Waals surface area contributed by atoms with Crippen LogP contribution in [0.25, 0.3) is 0 Å². The summed E-state index contributed by atoms with van der Waals surface area (Å²) in [5.74, 6) is 0. The first kappa shape index (κ1) is 11.7. The molecular formula is C5H11BrNO2S2-. The van der Waals surface area contributed by atoms with Crippen molar-refractivity contribution in [2.24, 2.45) is 0 Å². The van der Waals surface area contributed by atoms with Crippen molar-refractivity contribution in [3.63, 3.8) is 0 Å². The lowest BCUT2D eigenvalue weighted by atomic mass is 10.4. The maximum absolute atomic E-state index is 10.9. The fraction of sp³-hybridized carbons (Fsp3) is 1.00. The van der Waals surface area contributed by atoms with Crippen LogP contribution in [0.3, 0.4) is 0 Å². The standard InChI is InChI=1S/C5H11NO2S2.BrH/c1-10(7,8)6-3-2-5(9)4-6;/h5,9H,2-4H2,1H3;1H/p-1. The molecule has 0 amide bonds. The third-order valence-electron chi connectivity index (χ3n) is 1.60.